The lowest BCUT2D eigenvalue weighted by atomic mass is 10.1. The maximum atomic E-state index is 12.7. The molecule has 0 bridgehead atoms. The van der Waals surface area contributed by atoms with Gasteiger partial charge in [0, 0.05) is 6.20 Å². The number of thioether (sulfide) groups is 1. The third-order valence-corrected chi connectivity index (χ3v) is 6.58. The fourth-order valence-corrected chi connectivity index (χ4v) is 4.75. The smallest absolute Gasteiger partial charge is 0.337 e. The number of fused-ring (bicyclic) bond motifs is 1. The zero-order valence-electron chi connectivity index (χ0n) is 19.8. The van der Waals surface area contributed by atoms with Crippen LogP contribution in [0.1, 0.15) is 27.3 Å². The van der Waals surface area contributed by atoms with E-state index in [-0.39, 0.29) is 5.56 Å². The van der Waals surface area contributed by atoms with Crippen molar-refractivity contribution in [3.05, 3.63) is 93.7 Å². The third-order valence-electron chi connectivity index (χ3n) is 5.64. The van der Waals surface area contributed by atoms with Crippen LogP contribution < -0.4 is 5.56 Å². The van der Waals surface area contributed by atoms with Crippen LogP contribution in [0.4, 0.5) is 0 Å². The number of esters is 1. The molecule has 0 saturated heterocycles. The lowest BCUT2D eigenvalue weighted by molar-refractivity contribution is 0.0601. The summed E-state index contributed by atoms with van der Waals surface area (Å²) in [6.07, 6.45) is 1.72. The Labute approximate surface area is 210 Å². The van der Waals surface area contributed by atoms with Crippen LogP contribution in [0.3, 0.4) is 0 Å². The van der Waals surface area contributed by atoms with E-state index < -0.39 is 5.97 Å². The second-order valence-electron chi connectivity index (χ2n) is 8.17. The summed E-state index contributed by atoms with van der Waals surface area (Å²) in [6, 6.07) is 16.5. The molecule has 0 amide bonds. The van der Waals surface area contributed by atoms with Crippen LogP contribution in [0, 0.1) is 13.8 Å². The fourth-order valence-electron chi connectivity index (χ4n) is 3.93. The number of rotatable bonds is 6. The molecule has 1 N–H and O–H groups in total. The number of ether oxygens (including phenoxy) is 1. The van der Waals surface area contributed by atoms with Gasteiger partial charge < -0.3 is 9.72 Å². The topological polar surface area (TPSA) is 116 Å². The number of carbonyl (C=O) groups is 1. The van der Waals surface area contributed by atoms with E-state index in [0.717, 1.165) is 16.8 Å². The number of nitrogens with zero attached hydrogens (tertiary/aromatic N) is 5. The number of aromatic nitrogens is 6. The number of nitrogens with one attached hydrogen (secondary N) is 1. The molecule has 0 saturated carbocycles. The highest BCUT2D eigenvalue weighted by atomic mass is 32.2. The number of aromatic amines is 1. The van der Waals surface area contributed by atoms with Crippen molar-refractivity contribution in [1.82, 2.24) is 29.7 Å². The van der Waals surface area contributed by atoms with Crippen molar-refractivity contribution < 1.29 is 9.53 Å². The average molecular weight is 499 g/mol. The van der Waals surface area contributed by atoms with Gasteiger partial charge in [-0.25, -0.2) is 9.78 Å². The molecule has 0 spiro atoms. The SMILES string of the molecule is COC(=O)c1ccc2c(=O)[nH]c(CSc3nnc(-c4ccccn4)n3-c3ccc(C)cc3C)nc2c1. The number of benzene rings is 2. The first-order valence-electron chi connectivity index (χ1n) is 11.1. The number of methoxy groups -OCH3 is 1. The first kappa shape index (κ1) is 23.4. The molecule has 36 heavy (non-hydrogen) atoms. The second-order valence-corrected chi connectivity index (χ2v) is 9.11. The van der Waals surface area contributed by atoms with Crippen LogP contribution in [-0.2, 0) is 10.5 Å². The molecule has 0 aliphatic rings. The van der Waals surface area contributed by atoms with E-state index in [2.05, 4.69) is 31.2 Å². The number of hydrogen-bond acceptors (Lipinski definition) is 8. The van der Waals surface area contributed by atoms with Gasteiger partial charge >= 0.3 is 5.97 Å². The summed E-state index contributed by atoms with van der Waals surface area (Å²) in [5, 5.41) is 9.90. The molecular weight excluding hydrogens is 476 g/mol. The summed E-state index contributed by atoms with van der Waals surface area (Å²) in [4.78, 5) is 36.4. The normalized spacial score (nSPS) is 11.1. The number of carbonyl (C=O) groups excluding carboxylic acids is 1. The van der Waals surface area contributed by atoms with Gasteiger partial charge in [-0.05, 0) is 55.8 Å². The molecule has 5 aromatic rings. The Bertz CT molecular complexity index is 1650. The lowest BCUT2D eigenvalue weighted by Crippen LogP contribution is -2.12. The Morgan fingerprint density at radius 1 is 1.08 bits per heavy atom. The molecule has 10 heteroatoms. The summed E-state index contributed by atoms with van der Waals surface area (Å²) in [5.41, 5.74) is 4.33. The van der Waals surface area contributed by atoms with Crippen LogP contribution in [0.2, 0.25) is 0 Å². The molecule has 0 unspecified atom stereocenters. The lowest BCUT2D eigenvalue weighted by Gasteiger charge is -2.13. The van der Waals surface area contributed by atoms with Gasteiger partial charge in [0.2, 0.25) is 0 Å². The van der Waals surface area contributed by atoms with E-state index in [1.54, 1.807) is 24.4 Å². The Balaban J connectivity index is 1.53. The van der Waals surface area contributed by atoms with Gasteiger partial charge in [0.15, 0.2) is 11.0 Å². The first-order valence-corrected chi connectivity index (χ1v) is 12.1. The van der Waals surface area contributed by atoms with Gasteiger partial charge in [-0.2, -0.15) is 0 Å². The summed E-state index contributed by atoms with van der Waals surface area (Å²) < 4.78 is 6.75. The third kappa shape index (κ3) is 4.50. The molecule has 9 nitrogen and oxygen atoms in total. The maximum absolute atomic E-state index is 12.7. The molecule has 2 aromatic carbocycles. The molecule has 0 atom stereocenters. The van der Waals surface area contributed by atoms with Crippen LogP contribution in [0.15, 0.2) is 70.7 Å². The molecule has 180 valence electrons. The van der Waals surface area contributed by atoms with Gasteiger partial charge in [0.1, 0.15) is 11.5 Å². The molecule has 0 radical (unpaired) electrons. The monoisotopic (exact) mass is 498 g/mol. The number of pyridine rings is 1. The van der Waals surface area contributed by atoms with E-state index in [9.17, 15) is 9.59 Å². The predicted octanol–water partition coefficient (Wildman–Crippen LogP) is 4.26. The minimum Gasteiger partial charge on any atom is -0.465 e. The Morgan fingerprint density at radius 3 is 2.69 bits per heavy atom. The largest absolute Gasteiger partial charge is 0.465 e. The first-order chi connectivity index (χ1) is 17.4. The minimum atomic E-state index is -0.487. The number of hydrogen-bond donors (Lipinski definition) is 1. The zero-order valence-corrected chi connectivity index (χ0v) is 20.7. The number of aryl methyl sites for hydroxylation is 2. The van der Waals surface area contributed by atoms with Crippen LogP contribution >= 0.6 is 11.8 Å². The molecule has 0 aliphatic carbocycles. The van der Waals surface area contributed by atoms with Gasteiger partial charge in [0.05, 0.1) is 35.0 Å². The Morgan fingerprint density at radius 2 is 1.94 bits per heavy atom. The van der Waals surface area contributed by atoms with Crippen molar-refractivity contribution in [3.8, 4) is 17.2 Å². The predicted molar refractivity (Wildman–Crippen MR) is 137 cm³/mol. The van der Waals surface area contributed by atoms with Crippen LogP contribution in [0.25, 0.3) is 28.1 Å². The Kier molecular flexibility index (Phi) is 6.34. The fraction of sp³-hybridized carbons (Fsp3) is 0.154. The summed E-state index contributed by atoms with van der Waals surface area (Å²) in [7, 11) is 1.31. The highest BCUT2D eigenvalue weighted by Crippen LogP contribution is 2.30. The van der Waals surface area contributed by atoms with Crippen LogP contribution in [0.5, 0.6) is 0 Å². The minimum absolute atomic E-state index is 0.281. The van der Waals surface area contributed by atoms with Crippen LogP contribution in [-0.4, -0.2) is 42.8 Å². The molecule has 0 aliphatic heterocycles. The second kappa shape index (κ2) is 9.74. The van der Waals surface area contributed by atoms with Crippen molar-refractivity contribution in [2.24, 2.45) is 0 Å². The van der Waals surface area contributed by atoms with Gasteiger partial charge in [-0.1, -0.05) is 35.5 Å². The van der Waals surface area contributed by atoms with E-state index in [0.29, 0.717) is 44.7 Å². The molecule has 3 aromatic heterocycles. The van der Waals surface area contributed by atoms with Crippen molar-refractivity contribution in [2.45, 2.75) is 24.8 Å². The number of H-pyrrole nitrogens is 1. The summed E-state index contributed by atoms with van der Waals surface area (Å²) in [5.74, 6) is 0.916. The van der Waals surface area contributed by atoms with E-state index in [1.165, 1.54) is 18.9 Å². The van der Waals surface area contributed by atoms with E-state index >= 15 is 0 Å². The van der Waals surface area contributed by atoms with Crippen molar-refractivity contribution >= 4 is 28.6 Å². The molecule has 3 heterocycles. The van der Waals surface area contributed by atoms with Gasteiger partial charge in [-0.3, -0.25) is 14.3 Å². The molecule has 5 rings (SSSR count). The molecular formula is C26H22N6O3S. The van der Waals surface area contributed by atoms with Crippen molar-refractivity contribution in [2.75, 3.05) is 7.11 Å². The Hall–Kier alpha value is -4.31. The van der Waals surface area contributed by atoms with Gasteiger partial charge in [0.25, 0.3) is 5.56 Å². The van der Waals surface area contributed by atoms with E-state index in [1.807, 2.05) is 48.7 Å². The highest BCUT2D eigenvalue weighted by Gasteiger charge is 2.19. The average Bonchev–Trinajstić information content (AvgIpc) is 3.31. The van der Waals surface area contributed by atoms with E-state index in [4.69, 9.17) is 4.74 Å². The maximum Gasteiger partial charge on any atom is 0.337 e. The summed E-state index contributed by atoms with van der Waals surface area (Å²) >= 11 is 1.39. The van der Waals surface area contributed by atoms with Gasteiger partial charge in [-0.15, -0.1) is 10.2 Å². The quantitative estimate of drug-likeness (QED) is 0.273. The van der Waals surface area contributed by atoms with Crippen molar-refractivity contribution in [3.63, 3.8) is 0 Å². The highest BCUT2D eigenvalue weighted by molar-refractivity contribution is 7.98. The molecule has 0 fully saturated rings. The zero-order chi connectivity index (χ0) is 25.2. The summed E-state index contributed by atoms with van der Waals surface area (Å²) in [6.45, 7) is 4.09. The van der Waals surface area contributed by atoms with Crippen molar-refractivity contribution in [1.29, 1.82) is 0 Å². The standard InChI is InChI=1S/C26H22N6O3S/c1-15-7-10-21(16(2)12-15)32-23(19-6-4-5-11-27-19)30-31-26(32)36-14-22-28-20-13-17(25(34)35-3)8-9-18(20)24(33)29-22/h4-13H,14H2,1-3H3,(H,28,29,33).